The second-order valence-electron chi connectivity index (χ2n) is 6.38. The molecule has 4 atom stereocenters. The van der Waals surface area contributed by atoms with E-state index in [-0.39, 0.29) is 18.6 Å². The third kappa shape index (κ3) is 4.44. The van der Waals surface area contributed by atoms with E-state index in [0.29, 0.717) is 18.6 Å². The average Bonchev–Trinajstić information content (AvgIpc) is 2.69. The van der Waals surface area contributed by atoms with Gasteiger partial charge < -0.3 is 19.7 Å². The van der Waals surface area contributed by atoms with Crippen LogP contribution in [-0.2, 0) is 4.74 Å². The Labute approximate surface area is 143 Å². The summed E-state index contributed by atoms with van der Waals surface area (Å²) in [5.41, 5.74) is 2.69. The quantitative estimate of drug-likeness (QED) is 0.813. The Kier molecular flexibility index (Phi) is 6.54. The Hall–Kier alpha value is -1.69. The lowest BCUT2D eigenvalue weighted by Crippen LogP contribution is -2.36. The number of rotatable bonds is 5. The van der Waals surface area contributed by atoms with Crippen LogP contribution in [0.4, 0.5) is 0 Å². The van der Waals surface area contributed by atoms with Gasteiger partial charge >= 0.3 is 0 Å². The van der Waals surface area contributed by atoms with E-state index in [0.717, 1.165) is 16.8 Å². The average molecular weight is 333 g/mol. The second-order valence-corrected chi connectivity index (χ2v) is 6.38. The standard InChI is InChI=1S/C19H27NO4/c1-5-16(20-4)14-6-7-18(13(3)10-14)24-19-17(22)9-12(2)8-15(11-21)23-19/h5-7,10,12,15,17,19,21-22H,4,8-9,11H2,1-3H3/b16-5-/t12-,15+,17+,19-/m1/s1. The van der Waals surface area contributed by atoms with Gasteiger partial charge in [-0.25, -0.2) is 0 Å². The van der Waals surface area contributed by atoms with Gasteiger partial charge in [-0.15, -0.1) is 0 Å². The van der Waals surface area contributed by atoms with Crippen molar-refractivity contribution < 1.29 is 19.7 Å². The number of hydrogen-bond acceptors (Lipinski definition) is 5. The Balaban J connectivity index is 2.18. The first-order valence-electron chi connectivity index (χ1n) is 8.33. The summed E-state index contributed by atoms with van der Waals surface area (Å²) in [4.78, 5) is 3.99. The number of aliphatic imine (C=N–C) groups is 1. The molecule has 1 aromatic carbocycles. The van der Waals surface area contributed by atoms with Gasteiger partial charge in [-0.2, -0.15) is 0 Å². The minimum atomic E-state index is -0.782. The normalized spacial score (nSPS) is 28.3. The zero-order valence-electron chi connectivity index (χ0n) is 14.6. The van der Waals surface area contributed by atoms with Gasteiger partial charge in [0.05, 0.1) is 18.4 Å². The van der Waals surface area contributed by atoms with Crippen LogP contribution in [0, 0.1) is 12.8 Å². The van der Waals surface area contributed by atoms with Crippen molar-refractivity contribution in [3.05, 3.63) is 35.4 Å². The van der Waals surface area contributed by atoms with Gasteiger partial charge in [-0.3, -0.25) is 4.99 Å². The zero-order chi connectivity index (χ0) is 17.7. The molecule has 5 heteroatoms. The Morgan fingerprint density at radius 2 is 2.21 bits per heavy atom. The minimum Gasteiger partial charge on any atom is -0.462 e. The van der Waals surface area contributed by atoms with Gasteiger partial charge in [0.2, 0.25) is 6.29 Å². The molecule has 1 aliphatic heterocycles. The topological polar surface area (TPSA) is 71.3 Å². The van der Waals surface area contributed by atoms with Crippen molar-refractivity contribution in [3.63, 3.8) is 0 Å². The molecule has 5 nitrogen and oxygen atoms in total. The van der Waals surface area contributed by atoms with Crippen molar-refractivity contribution in [3.8, 4) is 5.75 Å². The molecule has 1 fully saturated rings. The van der Waals surface area contributed by atoms with Crippen LogP contribution in [0.2, 0.25) is 0 Å². The summed E-state index contributed by atoms with van der Waals surface area (Å²) in [6.07, 6.45) is 1.36. The molecule has 0 spiro atoms. The predicted octanol–water partition coefficient (Wildman–Crippen LogP) is 2.93. The first-order valence-corrected chi connectivity index (χ1v) is 8.33. The fourth-order valence-electron chi connectivity index (χ4n) is 3.04. The van der Waals surface area contributed by atoms with E-state index in [4.69, 9.17) is 9.47 Å². The van der Waals surface area contributed by atoms with Crippen LogP contribution < -0.4 is 4.74 Å². The first kappa shape index (κ1) is 18.6. The first-order chi connectivity index (χ1) is 11.5. The van der Waals surface area contributed by atoms with Crippen molar-refractivity contribution >= 4 is 12.4 Å². The molecule has 0 aromatic heterocycles. The van der Waals surface area contributed by atoms with E-state index >= 15 is 0 Å². The number of nitrogens with zero attached hydrogens (tertiary/aromatic N) is 1. The number of ether oxygens (including phenoxy) is 2. The van der Waals surface area contributed by atoms with E-state index in [1.807, 2.05) is 45.0 Å². The Morgan fingerprint density at radius 3 is 2.79 bits per heavy atom. The zero-order valence-corrected chi connectivity index (χ0v) is 14.6. The van der Waals surface area contributed by atoms with Crippen molar-refractivity contribution in [1.29, 1.82) is 0 Å². The highest BCUT2D eigenvalue weighted by Gasteiger charge is 2.32. The van der Waals surface area contributed by atoms with Crippen LogP contribution in [0.5, 0.6) is 5.75 Å². The second kappa shape index (κ2) is 8.42. The molecule has 0 aliphatic carbocycles. The van der Waals surface area contributed by atoms with Crippen molar-refractivity contribution in [2.45, 2.75) is 52.1 Å². The highest BCUT2D eigenvalue weighted by Crippen LogP contribution is 2.29. The number of aliphatic hydroxyl groups is 2. The van der Waals surface area contributed by atoms with E-state index in [9.17, 15) is 10.2 Å². The van der Waals surface area contributed by atoms with Crippen LogP contribution in [0.3, 0.4) is 0 Å². The maximum Gasteiger partial charge on any atom is 0.226 e. The van der Waals surface area contributed by atoms with Crippen LogP contribution in [-0.4, -0.2) is 42.0 Å². The summed E-state index contributed by atoms with van der Waals surface area (Å²) >= 11 is 0. The van der Waals surface area contributed by atoms with Gasteiger partial charge in [-0.05, 0) is 63.1 Å². The largest absolute Gasteiger partial charge is 0.462 e. The van der Waals surface area contributed by atoms with Gasteiger partial charge in [0.1, 0.15) is 11.9 Å². The SMILES string of the molecule is C=N/C(=C\C)c1ccc(O[C@H]2O[C@H](CO)C[C@@H](C)C[C@@H]2O)c(C)c1. The molecule has 0 saturated carbocycles. The molecule has 0 radical (unpaired) electrons. The molecule has 132 valence electrons. The van der Waals surface area contributed by atoms with Crippen LogP contribution in [0.25, 0.3) is 5.70 Å². The van der Waals surface area contributed by atoms with Crippen molar-refractivity contribution in [1.82, 2.24) is 0 Å². The number of hydrogen-bond donors (Lipinski definition) is 2. The summed E-state index contributed by atoms with van der Waals surface area (Å²) in [6, 6.07) is 5.72. The molecular formula is C19H27NO4. The highest BCUT2D eigenvalue weighted by atomic mass is 16.7. The number of benzene rings is 1. The van der Waals surface area contributed by atoms with E-state index in [1.54, 1.807) is 0 Å². The van der Waals surface area contributed by atoms with Crippen molar-refractivity contribution in [2.24, 2.45) is 10.9 Å². The van der Waals surface area contributed by atoms with Crippen LogP contribution in [0.1, 0.15) is 37.8 Å². The van der Waals surface area contributed by atoms with E-state index < -0.39 is 12.4 Å². The highest BCUT2D eigenvalue weighted by molar-refractivity contribution is 5.68. The lowest BCUT2D eigenvalue weighted by molar-refractivity contribution is -0.171. The minimum absolute atomic E-state index is 0.0789. The summed E-state index contributed by atoms with van der Waals surface area (Å²) in [7, 11) is 0. The molecule has 24 heavy (non-hydrogen) atoms. The lowest BCUT2D eigenvalue weighted by Gasteiger charge is -2.25. The third-order valence-corrected chi connectivity index (χ3v) is 4.31. The summed E-state index contributed by atoms with van der Waals surface area (Å²) in [5.74, 6) is 0.915. The summed E-state index contributed by atoms with van der Waals surface area (Å²) < 4.78 is 11.7. The molecular weight excluding hydrogens is 306 g/mol. The van der Waals surface area contributed by atoms with Gasteiger partial charge in [0.25, 0.3) is 0 Å². The van der Waals surface area contributed by atoms with Gasteiger partial charge in [0.15, 0.2) is 0 Å². The smallest absolute Gasteiger partial charge is 0.226 e. The van der Waals surface area contributed by atoms with Crippen LogP contribution >= 0.6 is 0 Å². The fraction of sp³-hybridized carbons (Fsp3) is 0.526. The van der Waals surface area contributed by atoms with Crippen LogP contribution in [0.15, 0.2) is 29.3 Å². The molecule has 0 amide bonds. The molecule has 2 N–H and O–H groups in total. The molecule has 2 rings (SSSR count). The molecule has 0 unspecified atom stereocenters. The Morgan fingerprint density at radius 1 is 1.46 bits per heavy atom. The summed E-state index contributed by atoms with van der Waals surface area (Å²) in [6.45, 7) is 9.38. The van der Waals surface area contributed by atoms with Gasteiger partial charge in [0, 0.05) is 5.56 Å². The number of allylic oxidation sites excluding steroid dienone is 1. The van der Waals surface area contributed by atoms with Crippen molar-refractivity contribution in [2.75, 3.05) is 6.61 Å². The number of aryl methyl sites for hydroxylation is 1. The van der Waals surface area contributed by atoms with E-state index in [2.05, 4.69) is 11.7 Å². The maximum absolute atomic E-state index is 10.3. The molecule has 1 heterocycles. The lowest BCUT2D eigenvalue weighted by atomic mass is 9.98. The van der Waals surface area contributed by atoms with Gasteiger partial charge in [-0.1, -0.05) is 13.0 Å². The molecule has 1 saturated heterocycles. The fourth-order valence-corrected chi connectivity index (χ4v) is 3.04. The third-order valence-electron chi connectivity index (χ3n) is 4.31. The molecule has 1 aliphatic rings. The number of aliphatic hydroxyl groups excluding tert-OH is 2. The monoisotopic (exact) mass is 333 g/mol. The maximum atomic E-state index is 10.3. The molecule has 0 bridgehead atoms. The summed E-state index contributed by atoms with van der Waals surface area (Å²) in [5, 5.41) is 19.8. The van der Waals surface area contributed by atoms with E-state index in [1.165, 1.54) is 0 Å². The Bertz CT molecular complexity index is 599. The molecule has 1 aromatic rings. The predicted molar refractivity (Wildman–Crippen MR) is 95.2 cm³/mol.